The van der Waals surface area contributed by atoms with Crippen molar-refractivity contribution in [3.63, 3.8) is 0 Å². The van der Waals surface area contributed by atoms with Gasteiger partial charge in [0.2, 0.25) is 0 Å². The molecule has 0 atom stereocenters. The molecule has 4 heteroatoms. The van der Waals surface area contributed by atoms with Crippen LogP contribution in [0.5, 0.6) is 0 Å². The van der Waals surface area contributed by atoms with Gasteiger partial charge < -0.3 is 4.57 Å². The number of carbonyl (C=O) groups excluding carboxylic acids is 2. The zero-order valence-electron chi connectivity index (χ0n) is 11.4. The average molecular weight is 276 g/mol. The van der Waals surface area contributed by atoms with Crippen molar-refractivity contribution in [2.24, 2.45) is 7.05 Å². The van der Waals surface area contributed by atoms with Crippen LogP contribution in [0, 0.1) is 0 Å². The molecule has 3 aromatic rings. The van der Waals surface area contributed by atoms with Crippen LogP contribution >= 0.6 is 0 Å². The van der Waals surface area contributed by atoms with Gasteiger partial charge in [0.1, 0.15) is 0 Å². The summed E-state index contributed by atoms with van der Waals surface area (Å²) in [7, 11) is 1.92. The van der Waals surface area contributed by atoms with Crippen molar-refractivity contribution in [2.45, 2.75) is 0 Å². The van der Waals surface area contributed by atoms with Gasteiger partial charge in [-0.25, -0.2) is 4.90 Å². The van der Waals surface area contributed by atoms with E-state index in [0.717, 1.165) is 10.9 Å². The Hall–Kier alpha value is -2.88. The Labute approximate surface area is 121 Å². The Balaban J connectivity index is 1.97. The van der Waals surface area contributed by atoms with Gasteiger partial charge in [0.25, 0.3) is 11.8 Å². The summed E-state index contributed by atoms with van der Waals surface area (Å²) in [6.07, 6.45) is 1.90. The van der Waals surface area contributed by atoms with E-state index in [2.05, 4.69) is 0 Å². The number of imide groups is 1. The van der Waals surface area contributed by atoms with Crippen LogP contribution in [0.3, 0.4) is 0 Å². The molecule has 0 fully saturated rings. The minimum atomic E-state index is -0.257. The van der Waals surface area contributed by atoms with E-state index in [1.54, 1.807) is 18.2 Å². The van der Waals surface area contributed by atoms with Crippen LogP contribution in [0.15, 0.2) is 54.7 Å². The largest absolute Gasteiger partial charge is 0.351 e. The van der Waals surface area contributed by atoms with Crippen molar-refractivity contribution >= 4 is 28.4 Å². The lowest BCUT2D eigenvalue weighted by Crippen LogP contribution is -2.29. The quantitative estimate of drug-likeness (QED) is 0.641. The zero-order chi connectivity index (χ0) is 14.6. The Morgan fingerprint density at radius 3 is 2.38 bits per heavy atom. The predicted molar refractivity (Wildman–Crippen MR) is 80.5 cm³/mol. The van der Waals surface area contributed by atoms with E-state index < -0.39 is 0 Å². The van der Waals surface area contributed by atoms with Gasteiger partial charge in [0.05, 0.1) is 16.8 Å². The highest BCUT2D eigenvalue weighted by Gasteiger charge is 2.38. The van der Waals surface area contributed by atoms with Crippen molar-refractivity contribution in [1.29, 1.82) is 0 Å². The predicted octanol–water partition coefficient (Wildman–Crippen LogP) is 2.98. The van der Waals surface area contributed by atoms with Crippen LogP contribution in [-0.4, -0.2) is 16.4 Å². The van der Waals surface area contributed by atoms with E-state index in [-0.39, 0.29) is 11.8 Å². The number of hydrogen-bond donors (Lipinski definition) is 0. The van der Waals surface area contributed by atoms with Crippen molar-refractivity contribution in [3.05, 3.63) is 65.9 Å². The topological polar surface area (TPSA) is 42.3 Å². The maximum Gasteiger partial charge on any atom is 0.266 e. The van der Waals surface area contributed by atoms with Crippen molar-refractivity contribution in [3.8, 4) is 0 Å². The summed E-state index contributed by atoms with van der Waals surface area (Å²) in [6.45, 7) is 0. The highest BCUT2D eigenvalue weighted by Crippen LogP contribution is 2.33. The molecule has 0 unspecified atom stereocenters. The smallest absolute Gasteiger partial charge is 0.266 e. The first-order valence-corrected chi connectivity index (χ1v) is 6.70. The van der Waals surface area contributed by atoms with E-state index in [0.29, 0.717) is 16.8 Å². The molecular weight excluding hydrogens is 264 g/mol. The van der Waals surface area contributed by atoms with Crippen molar-refractivity contribution in [2.75, 3.05) is 4.90 Å². The van der Waals surface area contributed by atoms with Gasteiger partial charge >= 0.3 is 0 Å². The summed E-state index contributed by atoms with van der Waals surface area (Å²) in [5.74, 6) is -0.509. The molecule has 4 nitrogen and oxygen atoms in total. The molecule has 0 spiro atoms. The van der Waals surface area contributed by atoms with Crippen LogP contribution < -0.4 is 4.90 Å². The normalized spacial score (nSPS) is 14.0. The highest BCUT2D eigenvalue weighted by atomic mass is 16.2. The number of carbonyl (C=O) groups is 2. The molecule has 0 radical (unpaired) electrons. The third-order valence-corrected chi connectivity index (χ3v) is 3.93. The molecule has 2 aromatic carbocycles. The number of hydrogen-bond acceptors (Lipinski definition) is 2. The number of nitrogens with zero attached hydrogens (tertiary/aromatic N) is 2. The maximum absolute atomic E-state index is 12.7. The number of benzene rings is 2. The SMILES string of the molecule is Cn1ccc2c3c(ccc21)C(=O)N(c1ccccc1)C3=O. The molecule has 1 aliphatic heterocycles. The van der Waals surface area contributed by atoms with Crippen LogP contribution in [0.2, 0.25) is 0 Å². The molecule has 102 valence electrons. The van der Waals surface area contributed by atoms with Gasteiger partial charge in [-0.3, -0.25) is 9.59 Å². The number of fused-ring (bicyclic) bond motifs is 3. The fourth-order valence-electron chi connectivity index (χ4n) is 2.90. The first-order chi connectivity index (χ1) is 10.2. The second-order valence-electron chi connectivity index (χ2n) is 5.13. The summed E-state index contributed by atoms with van der Waals surface area (Å²) in [5.41, 5.74) is 2.53. The Morgan fingerprint density at radius 2 is 1.62 bits per heavy atom. The summed E-state index contributed by atoms with van der Waals surface area (Å²) in [4.78, 5) is 26.5. The Bertz CT molecular complexity index is 894. The van der Waals surface area contributed by atoms with Gasteiger partial charge in [-0.1, -0.05) is 18.2 Å². The second kappa shape index (κ2) is 4.06. The molecule has 0 saturated heterocycles. The minimum Gasteiger partial charge on any atom is -0.351 e. The average Bonchev–Trinajstić information content (AvgIpc) is 3.00. The van der Waals surface area contributed by atoms with Gasteiger partial charge in [0.15, 0.2) is 0 Å². The molecule has 2 heterocycles. The molecule has 1 aliphatic rings. The minimum absolute atomic E-state index is 0.252. The molecule has 0 bridgehead atoms. The van der Waals surface area contributed by atoms with E-state index in [9.17, 15) is 9.59 Å². The third-order valence-electron chi connectivity index (χ3n) is 3.93. The number of para-hydroxylation sites is 1. The van der Waals surface area contributed by atoms with Gasteiger partial charge in [-0.2, -0.15) is 0 Å². The monoisotopic (exact) mass is 276 g/mol. The molecule has 4 rings (SSSR count). The summed E-state index contributed by atoms with van der Waals surface area (Å²) in [5, 5.41) is 0.826. The Morgan fingerprint density at radius 1 is 0.857 bits per heavy atom. The summed E-state index contributed by atoms with van der Waals surface area (Å²) in [6, 6.07) is 14.5. The first-order valence-electron chi connectivity index (χ1n) is 6.70. The zero-order valence-corrected chi connectivity index (χ0v) is 11.4. The second-order valence-corrected chi connectivity index (χ2v) is 5.13. The molecule has 0 N–H and O–H groups in total. The standard InChI is InChI=1S/C17H12N2O2/c1-18-10-9-12-14(18)8-7-13-15(12)17(21)19(16(13)20)11-5-3-2-4-6-11/h2-10H,1H3. The van der Waals surface area contributed by atoms with Crippen molar-refractivity contribution < 1.29 is 9.59 Å². The van der Waals surface area contributed by atoms with Gasteiger partial charge in [-0.15, -0.1) is 0 Å². The molecule has 2 amide bonds. The lowest BCUT2D eigenvalue weighted by atomic mass is 10.1. The number of anilines is 1. The fraction of sp³-hybridized carbons (Fsp3) is 0.0588. The first kappa shape index (κ1) is 11.9. The van der Waals surface area contributed by atoms with Crippen molar-refractivity contribution in [1.82, 2.24) is 4.57 Å². The van der Waals surface area contributed by atoms with Crippen LogP contribution in [0.1, 0.15) is 20.7 Å². The number of rotatable bonds is 1. The van der Waals surface area contributed by atoms with Crippen LogP contribution in [0.4, 0.5) is 5.69 Å². The number of aryl methyl sites for hydroxylation is 1. The van der Waals surface area contributed by atoms with E-state index in [1.165, 1.54) is 4.90 Å². The molecular formula is C17H12N2O2. The lowest BCUT2D eigenvalue weighted by Gasteiger charge is -2.13. The molecule has 1 aromatic heterocycles. The number of aromatic nitrogens is 1. The molecule has 21 heavy (non-hydrogen) atoms. The van der Waals surface area contributed by atoms with E-state index >= 15 is 0 Å². The highest BCUT2D eigenvalue weighted by molar-refractivity contribution is 6.37. The number of amides is 2. The van der Waals surface area contributed by atoms with Gasteiger partial charge in [-0.05, 0) is 30.3 Å². The lowest BCUT2D eigenvalue weighted by molar-refractivity contribution is 0.0926. The van der Waals surface area contributed by atoms with E-state index in [1.807, 2.05) is 48.1 Å². The van der Waals surface area contributed by atoms with Crippen LogP contribution in [0.25, 0.3) is 10.9 Å². The maximum atomic E-state index is 12.7. The van der Waals surface area contributed by atoms with Crippen LogP contribution in [-0.2, 0) is 7.05 Å². The van der Waals surface area contributed by atoms with E-state index in [4.69, 9.17) is 0 Å². The summed E-state index contributed by atoms with van der Waals surface area (Å²) < 4.78 is 1.94. The molecule has 0 saturated carbocycles. The fourth-order valence-corrected chi connectivity index (χ4v) is 2.90. The Kier molecular flexibility index (Phi) is 2.30. The summed E-state index contributed by atoms with van der Waals surface area (Å²) >= 11 is 0. The van der Waals surface area contributed by atoms with Gasteiger partial charge in [0, 0.05) is 24.1 Å². The molecule has 0 aliphatic carbocycles. The third kappa shape index (κ3) is 1.50.